The molecule has 0 aliphatic rings. The van der Waals surface area contributed by atoms with E-state index < -0.39 is 0 Å². The molecular weight excluding hydrogens is 282 g/mol. The number of nitrogens with two attached hydrogens (primary N) is 1. The molecule has 7 heteroatoms. The minimum atomic E-state index is 0.320. The molecular formula is C15H31N5O2. The van der Waals surface area contributed by atoms with E-state index >= 15 is 0 Å². The van der Waals surface area contributed by atoms with Crippen LogP contribution in [-0.4, -0.2) is 20.4 Å². The molecule has 2 heterocycles. The molecule has 2 aromatic rings. The Bertz CT molecular complexity index is 466. The maximum Gasteiger partial charge on any atom is 0.230 e. The van der Waals surface area contributed by atoms with Gasteiger partial charge in [-0.3, -0.25) is 0 Å². The maximum atomic E-state index is 5.27. The highest BCUT2D eigenvalue weighted by atomic mass is 16.4. The van der Waals surface area contributed by atoms with Gasteiger partial charge < -0.3 is 14.6 Å². The Morgan fingerprint density at radius 1 is 0.909 bits per heavy atom. The van der Waals surface area contributed by atoms with Crippen LogP contribution in [0.1, 0.15) is 77.9 Å². The highest BCUT2D eigenvalue weighted by Crippen LogP contribution is 2.11. The van der Waals surface area contributed by atoms with Gasteiger partial charge in [0, 0.05) is 19.3 Å². The summed E-state index contributed by atoms with van der Waals surface area (Å²) in [6, 6.07) is 0. The normalized spacial score (nSPS) is 9.00. The van der Waals surface area contributed by atoms with E-state index in [0.29, 0.717) is 24.2 Å². The van der Waals surface area contributed by atoms with E-state index in [4.69, 9.17) is 14.6 Å². The summed E-state index contributed by atoms with van der Waals surface area (Å²) in [5.41, 5.74) is 5.17. The van der Waals surface area contributed by atoms with Gasteiger partial charge in [0.2, 0.25) is 23.6 Å². The Balaban J connectivity index is 0. The van der Waals surface area contributed by atoms with E-state index in [1.54, 1.807) is 6.92 Å². The van der Waals surface area contributed by atoms with Gasteiger partial charge in [-0.1, -0.05) is 48.5 Å². The van der Waals surface area contributed by atoms with Gasteiger partial charge >= 0.3 is 0 Å². The molecule has 7 nitrogen and oxygen atoms in total. The lowest BCUT2D eigenvalue weighted by Gasteiger charge is -1.92. The Labute approximate surface area is 133 Å². The molecule has 0 unspecified atom stereocenters. The van der Waals surface area contributed by atoms with Crippen molar-refractivity contribution in [3.8, 4) is 0 Å². The van der Waals surface area contributed by atoms with Crippen LogP contribution in [0.3, 0.4) is 0 Å². The van der Waals surface area contributed by atoms with E-state index in [-0.39, 0.29) is 0 Å². The van der Waals surface area contributed by atoms with Crippen LogP contribution in [-0.2, 0) is 13.0 Å². The molecule has 0 aliphatic carbocycles. The second kappa shape index (κ2) is 14.2. The van der Waals surface area contributed by atoms with Crippen molar-refractivity contribution in [1.82, 2.24) is 20.4 Å². The van der Waals surface area contributed by atoms with Gasteiger partial charge in [0.05, 0.1) is 6.54 Å². The topological polar surface area (TPSA) is 104 Å². The van der Waals surface area contributed by atoms with E-state index in [2.05, 4.69) is 20.4 Å². The number of hydrogen-bond acceptors (Lipinski definition) is 7. The van der Waals surface area contributed by atoms with Gasteiger partial charge in [0.15, 0.2) is 0 Å². The zero-order valence-electron chi connectivity index (χ0n) is 15.2. The molecule has 0 aromatic carbocycles. The van der Waals surface area contributed by atoms with Gasteiger partial charge in [-0.15, -0.1) is 20.4 Å². The molecule has 0 saturated heterocycles. The molecule has 0 radical (unpaired) electrons. The maximum absolute atomic E-state index is 5.27. The summed E-state index contributed by atoms with van der Waals surface area (Å²) in [6.45, 7) is 16.1. The summed E-state index contributed by atoms with van der Waals surface area (Å²) >= 11 is 0. The molecule has 0 bridgehead atoms. The quantitative estimate of drug-likeness (QED) is 0.922. The summed E-state index contributed by atoms with van der Waals surface area (Å²) in [6.07, 6.45) is 0.819. The SMILES string of the molecule is CC.CC.CCc1nnc(C(C)C)o1.Cc1nnc(CN)o1. The monoisotopic (exact) mass is 313 g/mol. The van der Waals surface area contributed by atoms with E-state index in [9.17, 15) is 0 Å². The Hall–Kier alpha value is -1.76. The summed E-state index contributed by atoms with van der Waals surface area (Å²) in [5, 5.41) is 14.9. The molecule has 2 N–H and O–H groups in total. The van der Waals surface area contributed by atoms with Gasteiger partial charge in [-0.25, -0.2) is 0 Å². The third-order valence-electron chi connectivity index (χ3n) is 2.02. The summed E-state index contributed by atoms with van der Waals surface area (Å²) in [4.78, 5) is 0. The standard InChI is InChI=1S/C7H12N2O.C4H7N3O.2C2H6/c1-4-6-8-9-7(10-6)5(2)3;1-3-6-7-4(2-5)8-3;2*1-2/h5H,4H2,1-3H3;2,5H2,1H3;2*1-2H3. The fourth-order valence-corrected chi connectivity index (χ4v) is 1.06. The molecule has 0 saturated carbocycles. The zero-order chi connectivity index (χ0) is 17.5. The van der Waals surface area contributed by atoms with E-state index in [1.165, 1.54) is 0 Å². The van der Waals surface area contributed by atoms with Crippen LogP contribution in [0.15, 0.2) is 8.83 Å². The van der Waals surface area contributed by atoms with Crippen molar-refractivity contribution in [2.75, 3.05) is 0 Å². The molecule has 2 rings (SSSR count). The number of nitrogens with zero attached hydrogens (tertiary/aromatic N) is 4. The first-order valence-electron chi connectivity index (χ1n) is 7.88. The summed E-state index contributed by atoms with van der Waals surface area (Å²) < 4.78 is 10.2. The van der Waals surface area contributed by atoms with Crippen molar-refractivity contribution in [2.45, 2.75) is 74.3 Å². The third-order valence-corrected chi connectivity index (χ3v) is 2.02. The second-order valence-corrected chi connectivity index (χ2v) is 3.96. The van der Waals surface area contributed by atoms with Crippen LogP contribution < -0.4 is 5.73 Å². The first-order chi connectivity index (χ1) is 10.6. The Morgan fingerprint density at radius 2 is 1.45 bits per heavy atom. The van der Waals surface area contributed by atoms with Crippen LogP contribution in [0, 0.1) is 6.92 Å². The van der Waals surface area contributed by atoms with Crippen molar-refractivity contribution in [3.05, 3.63) is 23.6 Å². The molecule has 0 amide bonds. The number of rotatable bonds is 3. The summed E-state index contributed by atoms with van der Waals surface area (Å²) in [5.74, 6) is 2.85. The number of aryl methyl sites for hydroxylation is 2. The highest BCUT2D eigenvalue weighted by molar-refractivity contribution is 4.86. The molecule has 0 atom stereocenters. The van der Waals surface area contributed by atoms with Crippen LogP contribution in [0.2, 0.25) is 0 Å². The number of hydrogen-bond donors (Lipinski definition) is 1. The van der Waals surface area contributed by atoms with Crippen LogP contribution >= 0.6 is 0 Å². The van der Waals surface area contributed by atoms with Crippen LogP contribution in [0.4, 0.5) is 0 Å². The lowest BCUT2D eigenvalue weighted by atomic mass is 10.2. The number of aromatic nitrogens is 4. The largest absolute Gasteiger partial charge is 0.425 e. The smallest absolute Gasteiger partial charge is 0.230 e. The minimum Gasteiger partial charge on any atom is -0.425 e. The van der Waals surface area contributed by atoms with Crippen molar-refractivity contribution in [3.63, 3.8) is 0 Å². The fourth-order valence-electron chi connectivity index (χ4n) is 1.06. The molecule has 2 aromatic heterocycles. The second-order valence-electron chi connectivity index (χ2n) is 3.96. The van der Waals surface area contributed by atoms with Crippen molar-refractivity contribution in [2.24, 2.45) is 5.73 Å². The molecule has 128 valence electrons. The highest BCUT2D eigenvalue weighted by Gasteiger charge is 2.06. The predicted molar refractivity (Wildman–Crippen MR) is 87.4 cm³/mol. The van der Waals surface area contributed by atoms with Crippen molar-refractivity contribution >= 4 is 0 Å². The van der Waals surface area contributed by atoms with Gasteiger partial charge in [0.1, 0.15) is 0 Å². The molecule has 22 heavy (non-hydrogen) atoms. The third kappa shape index (κ3) is 9.23. The van der Waals surface area contributed by atoms with Crippen molar-refractivity contribution in [1.29, 1.82) is 0 Å². The van der Waals surface area contributed by atoms with Crippen LogP contribution in [0.25, 0.3) is 0 Å². The first-order valence-corrected chi connectivity index (χ1v) is 7.88. The summed E-state index contributed by atoms with van der Waals surface area (Å²) in [7, 11) is 0. The van der Waals surface area contributed by atoms with E-state index in [0.717, 1.165) is 18.2 Å². The van der Waals surface area contributed by atoms with Crippen molar-refractivity contribution < 1.29 is 8.83 Å². The zero-order valence-corrected chi connectivity index (χ0v) is 15.2. The fraction of sp³-hybridized carbons (Fsp3) is 0.733. The van der Waals surface area contributed by atoms with Gasteiger partial charge in [-0.2, -0.15) is 0 Å². The lowest BCUT2D eigenvalue weighted by molar-refractivity contribution is 0.436. The molecule has 0 spiro atoms. The first kappa shape index (κ1) is 22.5. The predicted octanol–water partition coefficient (Wildman–Crippen LogP) is 3.64. The minimum absolute atomic E-state index is 0.320. The van der Waals surface area contributed by atoms with E-state index in [1.807, 2.05) is 48.5 Å². The van der Waals surface area contributed by atoms with Crippen LogP contribution in [0.5, 0.6) is 0 Å². The average Bonchev–Trinajstić information content (AvgIpc) is 3.20. The van der Waals surface area contributed by atoms with Gasteiger partial charge in [-0.05, 0) is 0 Å². The lowest BCUT2D eigenvalue weighted by Crippen LogP contribution is -1.95. The molecule has 0 fully saturated rings. The van der Waals surface area contributed by atoms with Gasteiger partial charge in [0.25, 0.3) is 0 Å². The molecule has 0 aliphatic heterocycles. The average molecular weight is 313 g/mol. The Kier molecular flexibility index (Phi) is 14.5. The Morgan fingerprint density at radius 3 is 1.68 bits per heavy atom.